The fourth-order valence-corrected chi connectivity index (χ4v) is 5.00. The number of hydrogen-bond acceptors (Lipinski definition) is 6. The van der Waals surface area contributed by atoms with Crippen LogP contribution in [0.15, 0.2) is 108 Å². The maximum atomic E-state index is 14.4. The topological polar surface area (TPSA) is 106 Å². The molecule has 4 aromatic rings. The Morgan fingerprint density at radius 2 is 1.49 bits per heavy atom. The standard InChI is InChI=1S/C33H28FN3O5S/c1-21(31(38)36-25-13-16-29-30(20-25)42-18-17-41-29)43-26-14-11-24(12-15-26)35-33(40)28(19-23-9-5-6-10-27(23)34)37-32(39)22-7-3-2-4-8-22/h2-16,19-21H,17-18H2,1H3,(H,35,40)(H,36,38)(H,37,39)/b28-19-. The van der Waals surface area contributed by atoms with Crippen LogP contribution in [0.2, 0.25) is 0 Å². The van der Waals surface area contributed by atoms with Crippen molar-refractivity contribution in [1.29, 1.82) is 0 Å². The number of ether oxygens (including phenoxy) is 2. The lowest BCUT2D eigenvalue weighted by Crippen LogP contribution is -2.30. The monoisotopic (exact) mass is 597 g/mol. The predicted molar refractivity (Wildman–Crippen MR) is 165 cm³/mol. The number of anilines is 2. The third-order valence-electron chi connectivity index (χ3n) is 6.34. The van der Waals surface area contributed by atoms with E-state index in [1.165, 1.54) is 36.0 Å². The van der Waals surface area contributed by atoms with E-state index in [4.69, 9.17) is 9.47 Å². The Hall–Kier alpha value is -5.09. The molecule has 0 fully saturated rings. The molecule has 10 heteroatoms. The van der Waals surface area contributed by atoms with Gasteiger partial charge in [-0.05, 0) is 67.6 Å². The molecule has 1 atom stereocenters. The van der Waals surface area contributed by atoms with Crippen LogP contribution in [0.25, 0.3) is 6.08 Å². The summed E-state index contributed by atoms with van der Waals surface area (Å²) in [5.74, 6) is -0.610. The molecule has 1 aliphatic rings. The molecule has 0 bridgehead atoms. The molecule has 3 amide bonds. The molecule has 4 aromatic carbocycles. The number of carbonyl (C=O) groups is 3. The first kappa shape index (κ1) is 29.4. The summed E-state index contributed by atoms with van der Waals surface area (Å²) in [7, 11) is 0. The van der Waals surface area contributed by atoms with E-state index in [2.05, 4.69) is 16.0 Å². The van der Waals surface area contributed by atoms with Crippen molar-refractivity contribution in [1.82, 2.24) is 5.32 Å². The number of halogens is 1. The molecular formula is C33H28FN3O5S. The summed E-state index contributed by atoms with van der Waals surface area (Å²) in [6.45, 7) is 2.74. The van der Waals surface area contributed by atoms with Crippen LogP contribution < -0.4 is 25.4 Å². The Morgan fingerprint density at radius 1 is 0.814 bits per heavy atom. The van der Waals surface area contributed by atoms with Crippen LogP contribution >= 0.6 is 11.8 Å². The van der Waals surface area contributed by atoms with E-state index in [9.17, 15) is 18.8 Å². The van der Waals surface area contributed by atoms with E-state index in [1.54, 1.807) is 85.8 Å². The van der Waals surface area contributed by atoms with Crippen molar-refractivity contribution in [3.8, 4) is 11.5 Å². The van der Waals surface area contributed by atoms with Crippen LogP contribution in [0, 0.1) is 5.82 Å². The van der Waals surface area contributed by atoms with Crippen molar-refractivity contribution >= 4 is 46.9 Å². The Balaban J connectivity index is 1.23. The summed E-state index contributed by atoms with van der Waals surface area (Å²) in [5, 5.41) is 7.81. The van der Waals surface area contributed by atoms with E-state index < -0.39 is 22.9 Å². The molecule has 43 heavy (non-hydrogen) atoms. The van der Waals surface area contributed by atoms with Crippen LogP contribution in [0.5, 0.6) is 11.5 Å². The van der Waals surface area contributed by atoms with Gasteiger partial charge in [0.25, 0.3) is 11.8 Å². The average molecular weight is 598 g/mol. The summed E-state index contributed by atoms with van der Waals surface area (Å²) in [6.07, 6.45) is 1.29. The molecule has 1 unspecified atom stereocenters. The second-order valence-electron chi connectivity index (χ2n) is 9.49. The molecule has 0 saturated carbocycles. The minimum atomic E-state index is -0.625. The molecule has 0 spiro atoms. The second kappa shape index (κ2) is 13.7. The molecule has 1 heterocycles. The van der Waals surface area contributed by atoms with E-state index in [-0.39, 0.29) is 17.2 Å². The van der Waals surface area contributed by atoms with Gasteiger partial charge in [0.05, 0.1) is 5.25 Å². The highest BCUT2D eigenvalue weighted by Crippen LogP contribution is 2.33. The van der Waals surface area contributed by atoms with Gasteiger partial charge < -0.3 is 25.4 Å². The molecule has 5 rings (SSSR count). The zero-order valence-corrected chi connectivity index (χ0v) is 24.0. The highest BCUT2D eigenvalue weighted by atomic mass is 32.2. The van der Waals surface area contributed by atoms with E-state index in [0.29, 0.717) is 41.7 Å². The van der Waals surface area contributed by atoms with Crippen molar-refractivity contribution in [3.63, 3.8) is 0 Å². The van der Waals surface area contributed by atoms with Crippen molar-refractivity contribution in [2.75, 3.05) is 23.8 Å². The van der Waals surface area contributed by atoms with Crippen LogP contribution in [0.4, 0.5) is 15.8 Å². The predicted octanol–water partition coefficient (Wildman–Crippen LogP) is 6.13. The molecule has 8 nitrogen and oxygen atoms in total. The minimum absolute atomic E-state index is 0.123. The van der Waals surface area contributed by atoms with Crippen LogP contribution in [-0.2, 0) is 9.59 Å². The Morgan fingerprint density at radius 3 is 2.23 bits per heavy atom. The summed E-state index contributed by atoms with van der Waals surface area (Å²) < 4.78 is 25.5. The lowest BCUT2D eigenvalue weighted by Gasteiger charge is -2.19. The van der Waals surface area contributed by atoms with Gasteiger partial charge in [-0.15, -0.1) is 11.8 Å². The van der Waals surface area contributed by atoms with Gasteiger partial charge in [0.2, 0.25) is 5.91 Å². The van der Waals surface area contributed by atoms with Gasteiger partial charge in [-0.25, -0.2) is 4.39 Å². The number of thioether (sulfide) groups is 1. The van der Waals surface area contributed by atoms with Gasteiger partial charge in [-0.1, -0.05) is 36.4 Å². The number of rotatable bonds is 9. The van der Waals surface area contributed by atoms with Crippen molar-refractivity contribution in [3.05, 3.63) is 120 Å². The van der Waals surface area contributed by atoms with Gasteiger partial charge >= 0.3 is 0 Å². The van der Waals surface area contributed by atoms with Gasteiger partial charge in [0.15, 0.2) is 11.5 Å². The quantitative estimate of drug-likeness (QED) is 0.159. The van der Waals surface area contributed by atoms with Crippen molar-refractivity contribution < 1.29 is 28.2 Å². The maximum absolute atomic E-state index is 14.4. The number of fused-ring (bicyclic) bond motifs is 1. The highest BCUT2D eigenvalue weighted by Gasteiger charge is 2.19. The van der Waals surface area contributed by atoms with Gasteiger partial charge in [0.1, 0.15) is 24.7 Å². The Kier molecular flexibility index (Phi) is 9.38. The second-order valence-corrected chi connectivity index (χ2v) is 10.9. The number of hydrogen-bond donors (Lipinski definition) is 3. The molecule has 0 saturated heterocycles. The smallest absolute Gasteiger partial charge is 0.272 e. The SMILES string of the molecule is CC(Sc1ccc(NC(=O)/C(=C/c2ccccc2F)NC(=O)c2ccccc2)cc1)C(=O)Nc1ccc2c(c1)OCCO2. The van der Waals surface area contributed by atoms with Gasteiger partial charge in [-0.2, -0.15) is 0 Å². The number of carbonyl (C=O) groups excluding carboxylic acids is 3. The molecule has 0 radical (unpaired) electrons. The zero-order valence-electron chi connectivity index (χ0n) is 23.1. The summed E-state index contributed by atoms with van der Waals surface area (Å²) >= 11 is 1.35. The number of nitrogens with one attached hydrogen (secondary N) is 3. The number of amides is 3. The van der Waals surface area contributed by atoms with Gasteiger partial charge in [-0.3, -0.25) is 14.4 Å². The highest BCUT2D eigenvalue weighted by molar-refractivity contribution is 8.00. The fourth-order valence-electron chi connectivity index (χ4n) is 4.13. The normalized spacial score (nSPS) is 13.0. The molecule has 3 N–H and O–H groups in total. The largest absolute Gasteiger partial charge is 0.486 e. The van der Waals surface area contributed by atoms with Crippen LogP contribution in [-0.4, -0.2) is 36.2 Å². The molecule has 218 valence electrons. The van der Waals surface area contributed by atoms with E-state index >= 15 is 0 Å². The summed E-state index contributed by atoms with van der Waals surface area (Å²) in [6, 6.07) is 26.5. The third-order valence-corrected chi connectivity index (χ3v) is 7.45. The summed E-state index contributed by atoms with van der Waals surface area (Å²) in [5.41, 5.74) is 1.44. The van der Waals surface area contributed by atoms with Crippen molar-refractivity contribution in [2.24, 2.45) is 0 Å². The third kappa shape index (κ3) is 7.81. The van der Waals surface area contributed by atoms with E-state index in [0.717, 1.165) is 4.90 Å². The van der Waals surface area contributed by atoms with E-state index in [1.807, 2.05) is 0 Å². The fraction of sp³-hybridized carbons (Fsp3) is 0.121. The molecular weight excluding hydrogens is 569 g/mol. The minimum Gasteiger partial charge on any atom is -0.486 e. The first-order chi connectivity index (χ1) is 20.9. The lowest BCUT2D eigenvalue weighted by atomic mass is 10.1. The molecule has 0 aliphatic carbocycles. The Labute approximate surface area is 252 Å². The molecule has 1 aliphatic heterocycles. The van der Waals surface area contributed by atoms with Crippen LogP contribution in [0.1, 0.15) is 22.8 Å². The zero-order chi connectivity index (χ0) is 30.2. The average Bonchev–Trinajstić information content (AvgIpc) is 3.03. The first-order valence-corrected chi connectivity index (χ1v) is 14.3. The summed E-state index contributed by atoms with van der Waals surface area (Å²) in [4.78, 5) is 39.6. The molecule has 0 aromatic heterocycles. The van der Waals surface area contributed by atoms with Crippen LogP contribution in [0.3, 0.4) is 0 Å². The van der Waals surface area contributed by atoms with Gasteiger partial charge in [0, 0.05) is 33.5 Å². The Bertz CT molecular complexity index is 1660. The van der Waals surface area contributed by atoms with Crippen molar-refractivity contribution in [2.45, 2.75) is 17.1 Å². The maximum Gasteiger partial charge on any atom is 0.272 e. The lowest BCUT2D eigenvalue weighted by molar-refractivity contribution is -0.115. The number of benzene rings is 4. The first-order valence-electron chi connectivity index (χ1n) is 13.5.